The molecule has 0 unspecified atom stereocenters. The summed E-state index contributed by atoms with van der Waals surface area (Å²) < 4.78 is 10.4. The lowest BCUT2D eigenvalue weighted by Crippen LogP contribution is -2.21. The Bertz CT molecular complexity index is 714. The van der Waals surface area contributed by atoms with Gasteiger partial charge in [0.25, 0.3) is 0 Å². The van der Waals surface area contributed by atoms with Crippen molar-refractivity contribution in [3.63, 3.8) is 0 Å². The summed E-state index contributed by atoms with van der Waals surface area (Å²) in [5.41, 5.74) is 2.09. The highest BCUT2D eigenvalue weighted by molar-refractivity contribution is 5.71. The van der Waals surface area contributed by atoms with Crippen LogP contribution in [0.2, 0.25) is 0 Å². The largest absolute Gasteiger partial charge is 0.493 e. The second-order valence-corrected chi connectivity index (χ2v) is 5.74. The van der Waals surface area contributed by atoms with Gasteiger partial charge in [0.05, 0.1) is 7.11 Å². The molecule has 0 N–H and O–H groups in total. The average Bonchev–Trinajstić information content (AvgIpc) is 2.61. The number of ether oxygens (including phenoxy) is 2. The summed E-state index contributed by atoms with van der Waals surface area (Å²) >= 11 is 0. The zero-order valence-corrected chi connectivity index (χ0v) is 14.9. The first kappa shape index (κ1) is 18.7. The van der Waals surface area contributed by atoms with Crippen molar-refractivity contribution >= 4 is 12.0 Å². The number of carbonyl (C=O) groups excluding carboxylic acids is 1. The van der Waals surface area contributed by atoms with Gasteiger partial charge in [-0.1, -0.05) is 24.3 Å². The van der Waals surface area contributed by atoms with Crippen LogP contribution in [0.5, 0.6) is 11.5 Å². The van der Waals surface area contributed by atoms with E-state index >= 15 is 0 Å². The van der Waals surface area contributed by atoms with Gasteiger partial charge in [-0.15, -0.1) is 0 Å². The number of carbonyl (C=O) groups is 1. The maximum Gasteiger partial charge on any atom is 0.308 e. The highest BCUT2D eigenvalue weighted by Gasteiger charge is 2.07. The third kappa shape index (κ3) is 6.39. The first-order valence-corrected chi connectivity index (χ1v) is 8.20. The molecule has 0 saturated carbocycles. The fraction of sp³-hybridized carbons (Fsp3) is 0.300. The van der Waals surface area contributed by atoms with Crippen LogP contribution in [0.25, 0.3) is 6.08 Å². The predicted molar refractivity (Wildman–Crippen MR) is 98.8 cm³/mol. The van der Waals surface area contributed by atoms with Gasteiger partial charge in [0, 0.05) is 38.3 Å². The van der Waals surface area contributed by atoms with E-state index in [1.807, 2.05) is 42.6 Å². The van der Waals surface area contributed by atoms with Gasteiger partial charge in [0.1, 0.15) is 0 Å². The quantitative estimate of drug-likeness (QED) is 0.546. The Kier molecular flexibility index (Phi) is 7.16. The van der Waals surface area contributed by atoms with Gasteiger partial charge in [-0.3, -0.25) is 9.78 Å². The molecule has 0 amide bonds. The van der Waals surface area contributed by atoms with E-state index in [9.17, 15) is 4.79 Å². The molecule has 2 rings (SSSR count). The van der Waals surface area contributed by atoms with E-state index in [1.165, 1.54) is 6.92 Å². The molecule has 0 bridgehead atoms. The molecular formula is C20H24N2O3. The summed E-state index contributed by atoms with van der Waals surface area (Å²) in [4.78, 5) is 17.6. The lowest BCUT2D eigenvalue weighted by molar-refractivity contribution is -0.132. The lowest BCUT2D eigenvalue weighted by atomic mass is 10.2. The summed E-state index contributed by atoms with van der Waals surface area (Å²) in [6.07, 6.45) is 6.87. The zero-order chi connectivity index (χ0) is 18.1. The highest BCUT2D eigenvalue weighted by Crippen LogP contribution is 2.28. The Labute approximate surface area is 148 Å². The molecule has 132 valence electrons. The van der Waals surface area contributed by atoms with Crippen LogP contribution in [0.3, 0.4) is 0 Å². The normalized spacial score (nSPS) is 11.0. The number of rotatable bonds is 8. The average molecular weight is 340 g/mol. The molecule has 5 heteroatoms. The number of hydrogen-bond acceptors (Lipinski definition) is 5. The van der Waals surface area contributed by atoms with Crippen LogP contribution in [-0.2, 0) is 11.2 Å². The van der Waals surface area contributed by atoms with Crippen molar-refractivity contribution in [2.45, 2.75) is 13.3 Å². The summed E-state index contributed by atoms with van der Waals surface area (Å²) in [5.74, 6) is 0.608. The summed E-state index contributed by atoms with van der Waals surface area (Å²) in [5, 5.41) is 0. The number of benzene rings is 1. The Morgan fingerprint density at radius 2 is 2.08 bits per heavy atom. The number of aromatic nitrogens is 1. The monoisotopic (exact) mass is 340 g/mol. The van der Waals surface area contributed by atoms with Gasteiger partial charge in [-0.2, -0.15) is 0 Å². The van der Waals surface area contributed by atoms with E-state index in [1.54, 1.807) is 13.2 Å². The van der Waals surface area contributed by atoms with Crippen LogP contribution in [0.4, 0.5) is 0 Å². The third-order valence-electron chi connectivity index (χ3n) is 3.64. The van der Waals surface area contributed by atoms with Crippen molar-refractivity contribution in [1.82, 2.24) is 9.88 Å². The van der Waals surface area contributed by atoms with Gasteiger partial charge in [0.15, 0.2) is 11.5 Å². The van der Waals surface area contributed by atoms with Crippen molar-refractivity contribution in [3.05, 3.63) is 59.9 Å². The summed E-state index contributed by atoms with van der Waals surface area (Å²) in [7, 11) is 3.64. The van der Waals surface area contributed by atoms with Crippen molar-refractivity contribution in [1.29, 1.82) is 0 Å². The van der Waals surface area contributed by atoms with Crippen LogP contribution in [0.1, 0.15) is 18.2 Å². The minimum absolute atomic E-state index is 0.365. The first-order valence-electron chi connectivity index (χ1n) is 8.20. The number of nitrogens with zero attached hydrogens (tertiary/aromatic N) is 2. The molecule has 0 radical (unpaired) electrons. The lowest BCUT2D eigenvalue weighted by Gasteiger charge is -2.13. The maximum atomic E-state index is 11.1. The molecule has 2 aromatic rings. The Balaban J connectivity index is 1.87. The third-order valence-corrected chi connectivity index (χ3v) is 3.64. The Morgan fingerprint density at radius 3 is 2.76 bits per heavy atom. The smallest absolute Gasteiger partial charge is 0.308 e. The Morgan fingerprint density at radius 1 is 1.24 bits per heavy atom. The fourth-order valence-corrected chi connectivity index (χ4v) is 2.34. The van der Waals surface area contributed by atoms with Crippen molar-refractivity contribution in [2.24, 2.45) is 0 Å². The molecular weight excluding hydrogens is 316 g/mol. The van der Waals surface area contributed by atoms with E-state index < -0.39 is 0 Å². The summed E-state index contributed by atoms with van der Waals surface area (Å²) in [6.45, 7) is 3.14. The highest BCUT2D eigenvalue weighted by atomic mass is 16.6. The first-order chi connectivity index (χ1) is 12.1. The molecule has 0 aliphatic heterocycles. The second-order valence-electron chi connectivity index (χ2n) is 5.74. The van der Waals surface area contributed by atoms with E-state index in [2.05, 4.69) is 23.0 Å². The van der Waals surface area contributed by atoms with E-state index in [-0.39, 0.29) is 5.97 Å². The number of pyridine rings is 1. The molecule has 1 aromatic carbocycles. The van der Waals surface area contributed by atoms with Crippen LogP contribution in [-0.4, -0.2) is 43.1 Å². The SMILES string of the molecule is COc1cc(C=CCN(C)CCc2ccccn2)ccc1OC(C)=O. The zero-order valence-electron chi connectivity index (χ0n) is 14.9. The minimum Gasteiger partial charge on any atom is -0.493 e. The van der Waals surface area contributed by atoms with Gasteiger partial charge in [-0.25, -0.2) is 0 Å². The number of methoxy groups -OCH3 is 1. The molecule has 0 fully saturated rings. The van der Waals surface area contributed by atoms with Gasteiger partial charge < -0.3 is 14.4 Å². The molecule has 0 aliphatic carbocycles. The second kappa shape index (κ2) is 9.59. The van der Waals surface area contributed by atoms with Gasteiger partial charge in [-0.05, 0) is 36.9 Å². The molecule has 0 spiro atoms. The van der Waals surface area contributed by atoms with E-state index in [0.29, 0.717) is 11.5 Å². The minimum atomic E-state index is -0.365. The van der Waals surface area contributed by atoms with Crippen LogP contribution >= 0.6 is 0 Å². The standard InChI is InChI=1S/C20H24N2O3/c1-16(23)25-19-10-9-17(15-20(19)24-3)7-6-13-22(2)14-11-18-8-4-5-12-21-18/h4-10,12,15H,11,13-14H2,1-3H3. The van der Waals surface area contributed by atoms with Gasteiger partial charge >= 0.3 is 5.97 Å². The van der Waals surface area contributed by atoms with Gasteiger partial charge in [0.2, 0.25) is 0 Å². The maximum absolute atomic E-state index is 11.1. The fourth-order valence-electron chi connectivity index (χ4n) is 2.34. The number of hydrogen-bond donors (Lipinski definition) is 0. The van der Waals surface area contributed by atoms with Crippen LogP contribution < -0.4 is 9.47 Å². The van der Waals surface area contributed by atoms with Crippen LogP contribution in [0, 0.1) is 0 Å². The number of likely N-dealkylation sites (N-methyl/N-ethyl adjacent to an activating group) is 1. The predicted octanol–water partition coefficient (Wildman–Crippen LogP) is 3.20. The summed E-state index contributed by atoms with van der Waals surface area (Å²) in [6, 6.07) is 11.5. The van der Waals surface area contributed by atoms with Crippen molar-refractivity contribution in [3.8, 4) is 11.5 Å². The van der Waals surface area contributed by atoms with Crippen molar-refractivity contribution in [2.75, 3.05) is 27.2 Å². The Hall–Kier alpha value is -2.66. The van der Waals surface area contributed by atoms with E-state index in [0.717, 1.165) is 30.8 Å². The molecule has 0 atom stereocenters. The molecule has 1 aromatic heterocycles. The van der Waals surface area contributed by atoms with Crippen molar-refractivity contribution < 1.29 is 14.3 Å². The molecule has 0 aliphatic rings. The number of esters is 1. The topological polar surface area (TPSA) is 51.7 Å². The molecule has 5 nitrogen and oxygen atoms in total. The molecule has 25 heavy (non-hydrogen) atoms. The molecule has 1 heterocycles. The molecule has 0 saturated heterocycles. The van der Waals surface area contributed by atoms with Crippen LogP contribution in [0.15, 0.2) is 48.7 Å². The van der Waals surface area contributed by atoms with E-state index in [4.69, 9.17) is 9.47 Å².